The number of carbonyl (C=O) groups is 2. The third-order valence-electron chi connectivity index (χ3n) is 5.79. The Morgan fingerprint density at radius 1 is 1.16 bits per heavy atom. The maximum Gasteiger partial charge on any atom is 0.266 e. The summed E-state index contributed by atoms with van der Waals surface area (Å²) < 4.78 is 1.59. The standard InChI is InChI=1S/C22H26N6O3/c1-13-16(14(2)28-19(24-13)12-21(30)26-28)11-20(29)25-17-10-15(22(23)31)6-7-18(17)27-8-4-3-5-9-27/h6-7,10,12H,3-5,8-9,11H2,1-2H3,(H2,23,31)(H,25,29)(H,26,30). The molecule has 0 aliphatic carbocycles. The first-order valence-corrected chi connectivity index (χ1v) is 10.4. The summed E-state index contributed by atoms with van der Waals surface area (Å²) >= 11 is 0. The number of nitrogens with one attached hydrogen (secondary N) is 2. The first-order chi connectivity index (χ1) is 14.8. The number of benzene rings is 1. The van der Waals surface area contributed by atoms with Crippen LogP contribution >= 0.6 is 0 Å². The van der Waals surface area contributed by atoms with Crippen LogP contribution in [0.4, 0.5) is 11.4 Å². The second kappa shape index (κ2) is 8.25. The average Bonchev–Trinajstić information content (AvgIpc) is 3.12. The van der Waals surface area contributed by atoms with Gasteiger partial charge in [0, 0.05) is 41.7 Å². The molecule has 9 heteroatoms. The van der Waals surface area contributed by atoms with Gasteiger partial charge in [0.15, 0.2) is 5.65 Å². The molecule has 9 nitrogen and oxygen atoms in total. The number of hydrogen-bond acceptors (Lipinski definition) is 5. The van der Waals surface area contributed by atoms with Gasteiger partial charge in [0.2, 0.25) is 11.8 Å². The Kier molecular flexibility index (Phi) is 5.50. The summed E-state index contributed by atoms with van der Waals surface area (Å²) in [6.45, 7) is 5.46. The molecule has 4 rings (SSSR count). The summed E-state index contributed by atoms with van der Waals surface area (Å²) in [7, 11) is 0. The number of H-pyrrole nitrogens is 1. The normalized spacial score (nSPS) is 14.1. The lowest BCUT2D eigenvalue weighted by Gasteiger charge is -2.30. The fourth-order valence-corrected chi connectivity index (χ4v) is 4.17. The van der Waals surface area contributed by atoms with Crippen LogP contribution in [-0.2, 0) is 11.2 Å². The van der Waals surface area contributed by atoms with E-state index in [1.54, 1.807) is 16.6 Å². The molecule has 0 atom stereocenters. The number of nitrogens with two attached hydrogens (primary N) is 1. The largest absolute Gasteiger partial charge is 0.370 e. The van der Waals surface area contributed by atoms with Crippen LogP contribution in [0.1, 0.15) is 46.6 Å². The second-order valence-electron chi connectivity index (χ2n) is 7.94. The van der Waals surface area contributed by atoms with E-state index in [2.05, 4.69) is 20.3 Å². The van der Waals surface area contributed by atoms with E-state index in [-0.39, 0.29) is 17.9 Å². The van der Waals surface area contributed by atoms with Crippen molar-refractivity contribution in [2.45, 2.75) is 39.5 Å². The van der Waals surface area contributed by atoms with Gasteiger partial charge in [-0.2, -0.15) is 0 Å². The number of piperidine rings is 1. The van der Waals surface area contributed by atoms with Crippen molar-refractivity contribution >= 4 is 28.8 Å². The molecule has 1 aliphatic heterocycles. The maximum absolute atomic E-state index is 13.0. The third kappa shape index (κ3) is 4.16. The van der Waals surface area contributed by atoms with Gasteiger partial charge in [0.25, 0.3) is 5.56 Å². The molecule has 0 unspecified atom stereocenters. The average molecular weight is 422 g/mol. The lowest BCUT2D eigenvalue weighted by atomic mass is 10.1. The first kappa shape index (κ1) is 20.6. The lowest BCUT2D eigenvalue weighted by molar-refractivity contribution is -0.115. The Bertz CT molecular complexity index is 1220. The van der Waals surface area contributed by atoms with Crippen molar-refractivity contribution in [1.82, 2.24) is 14.6 Å². The number of hydrogen-bond donors (Lipinski definition) is 3. The number of anilines is 2. The fourth-order valence-electron chi connectivity index (χ4n) is 4.17. The number of aryl methyl sites for hydroxylation is 2. The molecule has 3 aromatic rings. The molecule has 1 aromatic carbocycles. The van der Waals surface area contributed by atoms with Gasteiger partial charge in [-0.15, -0.1) is 0 Å². The van der Waals surface area contributed by atoms with Gasteiger partial charge in [-0.3, -0.25) is 19.5 Å². The van der Waals surface area contributed by atoms with E-state index in [0.717, 1.165) is 42.9 Å². The molecule has 4 N–H and O–H groups in total. The van der Waals surface area contributed by atoms with Gasteiger partial charge in [-0.1, -0.05) is 0 Å². The lowest BCUT2D eigenvalue weighted by Crippen LogP contribution is -2.31. The van der Waals surface area contributed by atoms with Gasteiger partial charge < -0.3 is 16.0 Å². The highest BCUT2D eigenvalue weighted by molar-refractivity contribution is 6.00. The number of fused-ring (bicyclic) bond motifs is 1. The molecule has 162 valence electrons. The minimum absolute atomic E-state index is 0.0844. The summed E-state index contributed by atoms with van der Waals surface area (Å²) in [6, 6.07) is 6.59. The zero-order chi connectivity index (χ0) is 22.1. The molecule has 0 radical (unpaired) electrons. The predicted molar refractivity (Wildman–Crippen MR) is 119 cm³/mol. The van der Waals surface area contributed by atoms with Crippen molar-refractivity contribution in [3.63, 3.8) is 0 Å². The number of aromatic nitrogens is 3. The zero-order valence-corrected chi connectivity index (χ0v) is 17.7. The van der Waals surface area contributed by atoms with Crippen LogP contribution in [0.5, 0.6) is 0 Å². The van der Waals surface area contributed by atoms with E-state index < -0.39 is 5.91 Å². The monoisotopic (exact) mass is 422 g/mol. The Hall–Kier alpha value is -3.62. The van der Waals surface area contributed by atoms with Gasteiger partial charge in [0.1, 0.15) is 0 Å². The highest BCUT2D eigenvalue weighted by atomic mass is 16.2. The molecule has 1 saturated heterocycles. The molecule has 2 amide bonds. The quantitative estimate of drug-likeness (QED) is 0.579. The van der Waals surface area contributed by atoms with Crippen molar-refractivity contribution in [3.05, 3.63) is 57.1 Å². The Morgan fingerprint density at radius 2 is 1.90 bits per heavy atom. The Balaban J connectivity index is 1.63. The van der Waals surface area contributed by atoms with Crippen LogP contribution in [0.15, 0.2) is 29.1 Å². The summed E-state index contributed by atoms with van der Waals surface area (Å²) in [4.78, 5) is 43.0. The van der Waals surface area contributed by atoms with E-state index in [0.29, 0.717) is 22.6 Å². The summed E-state index contributed by atoms with van der Waals surface area (Å²) in [5.41, 5.74) is 9.71. The number of aromatic amines is 1. The predicted octanol–water partition coefficient (Wildman–Crippen LogP) is 1.91. The molecular formula is C22H26N6O3. The molecule has 3 heterocycles. The maximum atomic E-state index is 13.0. The van der Waals surface area contributed by atoms with E-state index in [1.807, 2.05) is 19.9 Å². The van der Waals surface area contributed by atoms with Gasteiger partial charge >= 0.3 is 0 Å². The van der Waals surface area contributed by atoms with E-state index in [4.69, 9.17) is 5.73 Å². The summed E-state index contributed by atoms with van der Waals surface area (Å²) in [5, 5.41) is 5.66. The fraction of sp³-hybridized carbons (Fsp3) is 0.364. The first-order valence-electron chi connectivity index (χ1n) is 10.4. The number of carbonyl (C=O) groups excluding carboxylic acids is 2. The molecular weight excluding hydrogens is 396 g/mol. The van der Waals surface area contributed by atoms with Crippen molar-refractivity contribution in [3.8, 4) is 0 Å². The number of rotatable bonds is 5. The minimum Gasteiger partial charge on any atom is -0.370 e. The van der Waals surface area contributed by atoms with Gasteiger partial charge in [-0.25, -0.2) is 9.50 Å². The highest BCUT2D eigenvalue weighted by Gasteiger charge is 2.19. The third-order valence-corrected chi connectivity index (χ3v) is 5.79. The number of amides is 2. The molecule has 1 fully saturated rings. The van der Waals surface area contributed by atoms with Crippen LogP contribution in [0, 0.1) is 13.8 Å². The van der Waals surface area contributed by atoms with E-state index in [9.17, 15) is 14.4 Å². The van der Waals surface area contributed by atoms with Gasteiger partial charge in [-0.05, 0) is 51.3 Å². The summed E-state index contributed by atoms with van der Waals surface area (Å²) in [6.07, 6.45) is 3.45. The van der Waals surface area contributed by atoms with Gasteiger partial charge in [0.05, 0.1) is 17.8 Å². The van der Waals surface area contributed by atoms with E-state index in [1.165, 1.54) is 12.5 Å². The Labute approximate surface area is 179 Å². The van der Waals surface area contributed by atoms with Crippen LogP contribution in [-0.4, -0.2) is 39.5 Å². The van der Waals surface area contributed by atoms with Crippen LogP contribution in [0.3, 0.4) is 0 Å². The second-order valence-corrected chi connectivity index (χ2v) is 7.94. The topological polar surface area (TPSA) is 126 Å². The molecule has 0 bridgehead atoms. The minimum atomic E-state index is -0.543. The molecule has 2 aromatic heterocycles. The van der Waals surface area contributed by atoms with Crippen LogP contribution in [0.2, 0.25) is 0 Å². The number of primary amides is 1. The molecule has 31 heavy (non-hydrogen) atoms. The molecule has 0 spiro atoms. The van der Waals surface area contributed by atoms with Crippen molar-refractivity contribution < 1.29 is 9.59 Å². The zero-order valence-electron chi connectivity index (χ0n) is 17.7. The van der Waals surface area contributed by atoms with Crippen molar-refractivity contribution in [2.75, 3.05) is 23.3 Å². The molecule has 0 saturated carbocycles. The Morgan fingerprint density at radius 3 is 2.61 bits per heavy atom. The van der Waals surface area contributed by atoms with Crippen molar-refractivity contribution in [1.29, 1.82) is 0 Å². The SMILES string of the molecule is Cc1nc2cc(=O)[nH]n2c(C)c1CC(=O)Nc1cc(C(N)=O)ccc1N1CCCCC1. The van der Waals surface area contributed by atoms with Crippen molar-refractivity contribution in [2.24, 2.45) is 5.73 Å². The highest BCUT2D eigenvalue weighted by Crippen LogP contribution is 2.30. The van der Waals surface area contributed by atoms with Crippen LogP contribution < -0.4 is 21.5 Å². The number of nitrogens with zero attached hydrogens (tertiary/aromatic N) is 3. The van der Waals surface area contributed by atoms with Crippen LogP contribution in [0.25, 0.3) is 5.65 Å². The molecule has 1 aliphatic rings. The summed E-state index contributed by atoms with van der Waals surface area (Å²) in [5.74, 6) is -0.777. The van der Waals surface area contributed by atoms with E-state index >= 15 is 0 Å². The smallest absolute Gasteiger partial charge is 0.266 e.